The summed E-state index contributed by atoms with van der Waals surface area (Å²) in [5, 5.41) is 13.2. The maximum atomic E-state index is 11.1. The van der Waals surface area contributed by atoms with Crippen LogP contribution in [0.15, 0.2) is 6.07 Å². The summed E-state index contributed by atoms with van der Waals surface area (Å²) in [6.07, 6.45) is 2.00. The molecule has 1 aliphatic rings. The van der Waals surface area contributed by atoms with Crippen LogP contribution in [0, 0.1) is 10.1 Å². The van der Waals surface area contributed by atoms with E-state index in [-0.39, 0.29) is 10.9 Å². The fourth-order valence-electron chi connectivity index (χ4n) is 1.42. The number of carbonyl (C=O) groups excluding carboxylic acids is 1. The minimum Gasteiger partial charge on any atom is -0.325 e. The van der Waals surface area contributed by atoms with E-state index in [1.165, 1.54) is 6.07 Å². The Balaban J connectivity index is 2.36. The summed E-state index contributed by atoms with van der Waals surface area (Å²) in [6.45, 7) is 0. The molecule has 1 aromatic rings. The summed E-state index contributed by atoms with van der Waals surface area (Å²) < 4.78 is 0. The van der Waals surface area contributed by atoms with Crippen LogP contribution >= 0.6 is 11.3 Å². The average Bonchev–Trinajstić information content (AvgIpc) is 2.42. The molecule has 0 aliphatic carbocycles. The molecule has 5 nitrogen and oxygen atoms in total. The van der Waals surface area contributed by atoms with Gasteiger partial charge in [-0.2, -0.15) is 0 Å². The van der Waals surface area contributed by atoms with Crippen molar-refractivity contribution < 1.29 is 9.72 Å². The molecule has 0 spiro atoms. The van der Waals surface area contributed by atoms with Gasteiger partial charge in [0.2, 0.25) is 5.91 Å². The van der Waals surface area contributed by atoms with Crippen LogP contribution in [0.4, 0.5) is 10.7 Å². The normalized spacial score (nSPS) is 15.6. The quantitative estimate of drug-likeness (QED) is 0.571. The van der Waals surface area contributed by atoms with Gasteiger partial charge in [0.1, 0.15) is 0 Å². The van der Waals surface area contributed by atoms with Crippen molar-refractivity contribution in [1.82, 2.24) is 0 Å². The Morgan fingerprint density at radius 3 is 3.00 bits per heavy atom. The number of carbonyl (C=O) groups is 1. The fraction of sp³-hybridized carbons (Fsp3) is 0.375. The van der Waals surface area contributed by atoms with Crippen molar-refractivity contribution in [3.63, 3.8) is 0 Å². The predicted octanol–water partition coefficient (Wildman–Crippen LogP) is 1.93. The zero-order valence-electron chi connectivity index (χ0n) is 7.28. The fourth-order valence-corrected chi connectivity index (χ4v) is 2.39. The van der Waals surface area contributed by atoms with Crippen molar-refractivity contribution >= 4 is 27.9 Å². The third-order valence-corrected chi connectivity index (χ3v) is 3.20. The molecule has 0 unspecified atom stereocenters. The topological polar surface area (TPSA) is 72.2 Å². The number of nitrogens with one attached hydrogen (secondary N) is 1. The lowest BCUT2D eigenvalue weighted by Gasteiger charge is -1.96. The highest BCUT2D eigenvalue weighted by molar-refractivity contribution is 7.15. The number of anilines is 1. The first-order valence-electron chi connectivity index (χ1n) is 4.24. The van der Waals surface area contributed by atoms with Crippen molar-refractivity contribution in [3.05, 3.63) is 21.1 Å². The Hall–Kier alpha value is -1.43. The van der Waals surface area contributed by atoms with Crippen molar-refractivity contribution in [2.45, 2.75) is 19.3 Å². The Kier molecular flexibility index (Phi) is 2.20. The minimum absolute atomic E-state index is 0.0588. The molecule has 0 bridgehead atoms. The van der Waals surface area contributed by atoms with Gasteiger partial charge in [-0.25, -0.2) is 0 Å². The van der Waals surface area contributed by atoms with Gasteiger partial charge < -0.3 is 5.32 Å². The van der Waals surface area contributed by atoms with Gasteiger partial charge in [-0.05, 0) is 12.8 Å². The van der Waals surface area contributed by atoms with Gasteiger partial charge in [0.25, 0.3) is 0 Å². The molecule has 2 heterocycles. The maximum absolute atomic E-state index is 11.1. The monoisotopic (exact) mass is 212 g/mol. The average molecular weight is 212 g/mol. The van der Waals surface area contributed by atoms with E-state index >= 15 is 0 Å². The van der Waals surface area contributed by atoms with Crippen molar-refractivity contribution in [2.24, 2.45) is 0 Å². The second kappa shape index (κ2) is 3.38. The number of amides is 1. The summed E-state index contributed by atoms with van der Waals surface area (Å²) in [7, 11) is 0. The molecule has 1 aromatic heterocycles. The predicted molar refractivity (Wildman–Crippen MR) is 52.5 cm³/mol. The van der Waals surface area contributed by atoms with Crippen LogP contribution in [-0.2, 0) is 11.2 Å². The molecule has 1 N–H and O–H groups in total. The Bertz CT molecular complexity index is 399. The van der Waals surface area contributed by atoms with Crippen LogP contribution < -0.4 is 5.32 Å². The molecule has 0 saturated carbocycles. The first-order valence-corrected chi connectivity index (χ1v) is 5.05. The molecule has 1 aliphatic heterocycles. The third-order valence-electron chi connectivity index (χ3n) is 2.06. The first-order chi connectivity index (χ1) is 6.66. The number of hydrogen-bond acceptors (Lipinski definition) is 4. The van der Waals surface area contributed by atoms with Gasteiger partial charge in [-0.15, -0.1) is 0 Å². The van der Waals surface area contributed by atoms with E-state index in [2.05, 4.69) is 5.32 Å². The lowest BCUT2D eigenvalue weighted by Crippen LogP contribution is -2.08. The van der Waals surface area contributed by atoms with E-state index in [0.717, 1.165) is 29.1 Å². The van der Waals surface area contributed by atoms with Gasteiger partial charge in [0.05, 0.1) is 16.7 Å². The molecule has 6 heteroatoms. The molecule has 2 rings (SSSR count). The molecule has 0 radical (unpaired) electrons. The van der Waals surface area contributed by atoms with Crippen molar-refractivity contribution in [2.75, 3.05) is 5.32 Å². The minimum atomic E-state index is -0.425. The summed E-state index contributed by atoms with van der Waals surface area (Å²) in [4.78, 5) is 22.1. The van der Waals surface area contributed by atoms with Crippen LogP contribution in [0.3, 0.4) is 0 Å². The number of rotatable bonds is 1. The highest BCUT2D eigenvalue weighted by atomic mass is 32.1. The van der Waals surface area contributed by atoms with E-state index in [9.17, 15) is 14.9 Å². The molecule has 0 fully saturated rings. The lowest BCUT2D eigenvalue weighted by atomic mass is 10.2. The van der Waals surface area contributed by atoms with Crippen LogP contribution in [0.2, 0.25) is 0 Å². The number of fused-ring (bicyclic) bond motifs is 1. The van der Waals surface area contributed by atoms with Gasteiger partial charge in [0.15, 0.2) is 0 Å². The van der Waals surface area contributed by atoms with Gasteiger partial charge in [-0.1, -0.05) is 11.3 Å². The highest BCUT2D eigenvalue weighted by Crippen LogP contribution is 2.35. The van der Waals surface area contributed by atoms with Crippen molar-refractivity contribution in [3.8, 4) is 0 Å². The van der Waals surface area contributed by atoms with E-state index in [0.29, 0.717) is 12.1 Å². The summed E-state index contributed by atoms with van der Waals surface area (Å²) in [6, 6.07) is 1.43. The summed E-state index contributed by atoms with van der Waals surface area (Å²) in [5.74, 6) is -0.0588. The van der Waals surface area contributed by atoms with Crippen LogP contribution in [-0.4, -0.2) is 10.8 Å². The first kappa shape index (κ1) is 9.14. The lowest BCUT2D eigenvalue weighted by molar-refractivity contribution is -0.380. The number of hydrogen-bond donors (Lipinski definition) is 1. The Labute approximate surface area is 83.9 Å². The zero-order chi connectivity index (χ0) is 10.1. The third kappa shape index (κ3) is 1.60. The molecule has 0 saturated heterocycles. The number of nitro groups is 1. The molecule has 0 atom stereocenters. The van der Waals surface area contributed by atoms with Crippen LogP contribution in [0.25, 0.3) is 0 Å². The SMILES string of the molecule is O=C1CCCc2sc([N+](=O)[O-])cc2N1. The second-order valence-electron chi connectivity index (χ2n) is 3.08. The molecule has 1 amide bonds. The molecule has 74 valence electrons. The van der Waals surface area contributed by atoms with Crippen LogP contribution in [0.5, 0.6) is 0 Å². The van der Waals surface area contributed by atoms with E-state index in [1.807, 2.05) is 0 Å². The molecule has 14 heavy (non-hydrogen) atoms. The van der Waals surface area contributed by atoms with E-state index < -0.39 is 4.92 Å². The van der Waals surface area contributed by atoms with Gasteiger partial charge in [-0.3, -0.25) is 14.9 Å². The Morgan fingerprint density at radius 2 is 2.29 bits per heavy atom. The Morgan fingerprint density at radius 1 is 1.50 bits per heavy atom. The molecular weight excluding hydrogens is 204 g/mol. The smallest absolute Gasteiger partial charge is 0.325 e. The number of thiophene rings is 1. The van der Waals surface area contributed by atoms with E-state index in [4.69, 9.17) is 0 Å². The standard InChI is InChI=1S/C8H8N2O3S/c11-7-3-1-2-6-5(9-7)4-8(14-6)10(12)13/h4H,1-3H2,(H,9,11). The van der Waals surface area contributed by atoms with Gasteiger partial charge >= 0.3 is 5.00 Å². The highest BCUT2D eigenvalue weighted by Gasteiger charge is 2.20. The summed E-state index contributed by atoms with van der Waals surface area (Å²) in [5.41, 5.74) is 0.615. The summed E-state index contributed by atoms with van der Waals surface area (Å²) >= 11 is 1.14. The van der Waals surface area contributed by atoms with Crippen molar-refractivity contribution in [1.29, 1.82) is 0 Å². The van der Waals surface area contributed by atoms with Crippen LogP contribution in [0.1, 0.15) is 17.7 Å². The number of nitrogens with zero attached hydrogens (tertiary/aromatic N) is 1. The molecular formula is C8H8N2O3S. The molecule has 0 aromatic carbocycles. The number of aryl methyl sites for hydroxylation is 1. The maximum Gasteiger partial charge on any atom is 0.326 e. The van der Waals surface area contributed by atoms with E-state index in [1.54, 1.807) is 0 Å². The van der Waals surface area contributed by atoms with Gasteiger partial charge in [0, 0.05) is 11.3 Å². The zero-order valence-corrected chi connectivity index (χ0v) is 8.10. The largest absolute Gasteiger partial charge is 0.326 e. The second-order valence-corrected chi connectivity index (χ2v) is 4.20.